The van der Waals surface area contributed by atoms with Gasteiger partial charge in [0.2, 0.25) is 5.89 Å². The average Bonchev–Trinajstić information content (AvgIpc) is 2.85. The summed E-state index contributed by atoms with van der Waals surface area (Å²) in [6.07, 6.45) is 5.89. The standard InChI is InChI=1S/C12H22N4O/c1-3-16(2)12-14-11(17-15-12)8-7-10-6-4-5-9-13-10/h10,13H,3-9H2,1-2H3. The monoisotopic (exact) mass is 238 g/mol. The molecule has 5 heteroatoms. The lowest BCUT2D eigenvalue weighted by molar-refractivity contribution is 0.342. The maximum absolute atomic E-state index is 5.25. The van der Waals surface area contributed by atoms with Gasteiger partial charge in [0.05, 0.1) is 0 Å². The van der Waals surface area contributed by atoms with E-state index in [2.05, 4.69) is 22.4 Å². The van der Waals surface area contributed by atoms with Crippen LogP contribution in [0.5, 0.6) is 0 Å². The predicted molar refractivity (Wildman–Crippen MR) is 67.2 cm³/mol. The highest BCUT2D eigenvalue weighted by molar-refractivity contribution is 5.25. The van der Waals surface area contributed by atoms with Gasteiger partial charge in [-0.15, -0.1) is 0 Å². The summed E-state index contributed by atoms with van der Waals surface area (Å²) in [7, 11) is 1.97. The van der Waals surface area contributed by atoms with Crippen molar-refractivity contribution in [2.24, 2.45) is 0 Å². The number of hydrogen-bond acceptors (Lipinski definition) is 5. The molecule has 1 N–H and O–H groups in total. The Morgan fingerprint density at radius 1 is 1.47 bits per heavy atom. The summed E-state index contributed by atoms with van der Waals surface area (Å²) in [5, 5.41) is 7.50. The van der Waals surface area contributed by atoms with E-state index in [1.54, 1.807) is 0 Å². The molecule has 0 saturated carbocycles. The number of aromatic nitrogens is 2. The lowest BCUT2D eigenvalue weighted by Gasteiger charge is -2.22. The van der Waals surface area contributed by atoms with Crippen LogP contribution < -0.4 is 10.2 Å². The van der Waals surface area contributed by atoms with E-state index in [-0.39, 0.29) is 0 Å². The van der Waals surface area contributed by atoms with Gasteiger partial charge in [0.15, 0.2) is 0 Å². The van der Waals surface area contributed by atoms with Crippen molar-refractivity contribution >= 4 is 5.95 Å². The van der Waals surface area contributed by atoms with E-state index in [9.17, 15) is 0 Å². The van der Waals surface area contributed by atoms with E-state index in [1.165, 1.54) is 19.3 Å². The first-order valence-corrected chi connectivity index (χ1v) is 6.56. The molecule has 1 unspecified atom stereocenters. The van der Waals surface area contributed by atoms with E-state index in [4.69, 9.17) is 4.52 Å². The summed E-state index contributed by atoms with van der Waals surface area (Å²) in [5.74, 6) is 1.45. The van der Waals surface area contributed by atoms with Gasteiger partial charge in [-0.05, 0) is 37.9 Å². The fourth-order valence-corrected chi connectivity index (χ4v) is 2.11. The highest BCUT2D eigenvalue weighted by atomic mass is 16.5. The zero-order valence-electron chi connectivity index (χ0n) is 10.8. The molecule has 96 valence electrons. The first-order valence-electron chi connectivity index (χ1n) is 6.56. The third-order valence-corrected chi connectivity index (χ3v) is 3.39. The first-order chi connectivity index (χ1) is 8.29. The molecule has 1 aliphatic heterocycles. The molecular formula is C12H22N4O. The van der Waals surface area contributed by atoms with Gasteiger partial charge < -0.3 is 14.7 Å². The lowest BCUT2D eigenvalue weighted by atomic mass is 10.0. The van der Waals surface area contributed by atoms with E-state index < -0.39 is 0 Å². The van der Waals surface area contributed by atoms with Gasteiger partial charge in [-0.3, -0.25) is 0 Å². The number of hydrogen-bond donors (Lipinski definition) is 1. The number of nitrogens with zero attached hydrogens (tertiary/aromatic N) is 3. The quantitative estimate of drug-likeness (QED) is 0.844. The Bertz CT molecular complexity index is 333. The summed E-state index contributed by atoms with van der Waals surface area (Å²) >= 11 is 0. The van der Waals surface area contributed by atoms with Gasteiger partial charge in [-0.25, -0.2) is 0 Å². The topological polar surface area (TPSA) is 54.2 Å². The van der Waals surface area contributed by atoms with Crippen LogP contribution in [0.15, 0.2) is 4.52 Å². The van der Waals surface area contributed by atoms with Crippen molar-refractivity contribution in [2.75, 3.05) is 25.0 Å². The third kappa shape index (κ3) is 3.43. The minimum atomic E-state index is 0.628. The molecule has 17 heavy (non-hydrogen) atoms. The molecule has 1 fully saturated rings. The maximum Gasteiger partial charge on any atom is 0.265 e. The highest BCUT2D eigenvalue weighted by Crippen LogP contribution is 2.14. The van der Waals surface area contributed by atoms with Crippen molar-refractivity contribution in [3.05, 3.63) is 5.89 Å². The average molecular weight is 238 g/mol. The second-order valence-electron chi connectivity index (χ2n) is 4.69. The summed E-state index contributed by atoms with van der Waals surface area (Å²) in [4.78, 5) is 6.36. The largest absolute Gasteiger partial charge is 0.342 e. The minimum Gasteiger partial charge on any atom is -0.342 e. The Hall–Kier alpha value is -1.10. The highest BCUT2D eigenvalue weighted by Gasteiger charge is 2.15. The van der Waals surface area contributed by atoms with Crippen molar-refractivity contribution in [3.8, 4) is 0 Å². The van der Waals surface area contributed by atoms with Gasteiger partial charge in [0.1, 0.15) is 0 Å². The number of piperidine rings is 1. The van der Waals surface area contributed by atoms with Gasteiger partial charge in [-0.2, -0.15) is 4.98 Å². The van der Waals surface area contributed by atoms with Crippen LogP contribution in [0.2, 0.25) is 0 Å². The number of anilines is 1. The smallest absolute Gasteiger partial charge is 0.265 e. The van der Waals surface area contributed by atoms with E-state index in [1.807, 2.05) is 11.9 Å². The van der Waals surface area contributed by atoms with Gasteiger partial charge in [-0.1, -0.05) is 6.42 Å². The molecular weight excluding hydrogens is 216 g/mol. The second kappa shape index (κ2) is 6.00. The first kappa shape index (κ1) is 12.4. The molecule has 0 aliphatic carbocycles. The minimum absolute atomic E-state index is 0.628. The molecule has 0 amide bonds. The Labute approximate surface area is 103 Å². The Kier molecular flexibility index (Phi) is 4.36. The van der Waals surface area contributed by atoms with E-state index in [0.717, 1.165) is 31.8 Å². The molecule has 2 heterocycles. The Balaban J connectivity index is 1.80. The normalized spacial score (nSPS) is 20.5. The molecule has 0 bridgehead atoms. The van der Waals surface area contributed by atoms with Gasteiger partial charge in [0.25, 0.3) is 5.95 Å². The molecule has 1 aromatic rings. The van der Waals surface area contributed by atoms with E-state index >= 15 is 0 Å². The van der Waals surface area contributed by atoms with Gasteiger partial charge >= 0.3 is 0 Å². The molecule has 1 aromatic heterocycles. The van der Waals surface area contributed by atoms with Gasteiger partial charge in [0, 0.05) is 26.1 Å². The SMILES string of the molecule is CCN(C)c1noc(CCC2CCCCN2)n1. The van der Waals surface area contributed by atoms with Crippen LogP contribution in [0, 0.1) is 0 Å². The third-order valence-electron chi connectivity index (χ3n) is 3.39. The number of nitrogens with one attached hydrogen (secondary N) is 1. The Morgan fingerprint density at radius 3 is 3.06 bits per heavy atom. The maximum atomic E-state index is 5.25. The molecule has 5 nitrogen and oxygen atoms in total. The molecule has 1 atom stereocenters. The van der Waals surface area contributed by atoms with Crippen LogP contribution >= 0.6 is 0 Å². The van der Waals surface area contributed by atoms with Crippen LogP contribution in [-0.4, -0.2) is 36.3 Å². The van der Waals surface area contributed by atoms with Crippen molar-refractivity contribution < 1.29 is 4.52 Å². The van der Waals surface area contributed by atoms with Crippen molar-refractivity contribution in [2.45, 2.75) is 45.1 Å². The van der Waals surface area contributed by atoms with Crippen molar-refractivity contribution in [1.29, 1.82) is 0 Å². The van der Waals surface area contributed by atoms with Crippen LogP contribution in [-0.2, 0) is 6.42 Å². The number of rotatable bonds is 5. The van der Waals surface area contributed by atoms with E-state index in [0.29, 0.717) is 12.0 Å². The van der Waals surface area contributed by atoms with Crippen LogP contribution in [0.3, 0.4) is 0 Å². The van der Waals surface area contributed by atoms with Crippen molar-refractivity contribution in [1.82, 2.24) is 15.5 Å². The zero-order chi connectivity index (χ0) is 12.1. The Morgan fingerprint density at radius 2 is 2.35 bits per heavy atom. The van der Waals surface area contributed by atoms with Crippen LogP contribution in [0.25, 0.3) is 0 Å². The second-order valence-corrected chi connectivity index (χ2v) is 4.69. The van der Waals surface area contributed by atoms with Crippen LogP contribution in [0.4, 0.5) is 5.95 Å². The summed E-state index contributed by atoms with van der Waals surface area (Å²) < 4.78 is 5.25. The molecule has 0 aromatic carbocycles. The molecule has 0 spiro atoms. The fourth-order valence-electron chi connectivity index (χ4n) is 2.11. The molecule has 1 saturated heterocycles. The number of aryl methyl sites for hydroxylation is 1. The zero-order valence-corrected chi connectivity index (χ0v) is 10.8. The summed E-state index contributed by atoms with van der Waals surface area (Å²) in [6.45, 7) is 4.11. The molecule has 1 aliphatic rings. The van der Waals surface area contributed by atoms with Crippen molar-refractivity contribution in [3.63, 3.8) is 0 Å². The predicted octanol–water partition coefficient (Wildman–Crippen LogP) is 1.60. The fraction of sp³-hybridized carbons (Fsp3) is 0.833. The summed E-state index contributed by atoms with van der Waals surface area (Å²) in [6, 6.07) is 0.628. The van der Waals surface area contributed by atoms with Crippen LogP contribution in [0.1, 0.15) is 38.5 Å². The molecule has 0 radical (unpaired) electrons. The summed E-state index contributed by atoms with van der Waals surface area (Å²) in [5.41, 5.74) is 0. The molecule has 2 rings (SSSR count). The lowest BCUT2D eigenvalue weighted by Crippen LogP contribution is -2.34.